The summed E-state index contributed by atoms with van der Waals surface area (Å²) >= 11 is 0. The number of aromatic amines is 1. The second kappa shape index (κ2) is 5.80. The van der Waals surface area contributed by atoms with E-state index in [0.717, 1.165) is 0 Å². The van der Waals surface area contributed by atoms with Gasteiger partial charge in [0.15, 0.2) is 5.69 Å². The van der Waals surface area contributed by atoms with Crippen molar-refractivity contribution in [1.29, 1.82) is 0 Å². The summed E-state index contributed by atoms with van der Waals surface area (Å²) in [7, 11) is -5.12. The van der Waals surface area contributed by atoms with Crippen LogP contribution in [-0.4, -0.2) is 46.8 Å². The minimum Gasteiger partial charge on any atom is -0.349 e. The number of nitrogens with two attached hydrogens (primary N) is 1. The third kappa shape index (κ3) is 3.85. The highest BCUT2D eigenvalue weighted by Gasteiger charge is 2.25. The summed E-state index contributed by atoms with van der Waals surface area (Å²) in [5, 5.41) is 13.3. The molecule has 19 heavy (non-hydrogen) atoms. The number of nitrogens with zero attached hydrogens (tertiary/aromatic N) is 1. The molecule has 0 aliphatic carbocycles. The molecular weight excluding hydrogens is 292 g/mol. The van der Waals surface area contributed by atoms with E-state index in [1.807, 2.05) is 0 Å². The summed E-state index contributed by atoms with van der Waals surface area (Å²) in [6.45, 7) is 3.30. The Kier molecular flexibility index (Phi) is 4.82. The molecule has 108 valence electrons. The number of primary sulfonamides is 1. The van der Waals surface area contributed by atoms with Crippen LogP contribution in [0.1, 0.15) is 23.1 Å². The molecule has 1 heterocycles. The fraction of sp³-hybridized carbons (Fsp3) is 0.556. The summed E-state index contributed by atoms with van der Waals surface area (Å²) < 4.78 is 33.9. The normalized spacial score (nSPS) is 14.9. The number of hydrogen-bond acceptors (Lipinski definition) is 5. The lowest BCUT2D eigenvalue weighted by Crippen LogP contribution is -2.33. The zero-order valence-electron chi connectivity index (χ0n) is 10.8. The van der Waals surface area contributed by atoms with Crippen LogP contribution in [0.15, 0.2) is 4.90 Å². The predicted octanol–water partition coefficient (Wildman–Crippen LogP) is -1.14. The molecule has 0 radical (unpaired) electrons. The number of rotatable bonds is 5. The van der Waals surface area contributed by atoms with Crippen molar-refractivity contribution in [3.05, 3.63) is 11.4 Å². The van der Waals surface area contributed by atoms with Crippen molar-refractivity contribution in [2.45, 2.75) is 24.0 Å². The molecule has 8 nitrogen and oxygen atoms in total. The fourth-order valence-electron chi connectivity index (χ4n) is 1.36. The first-order valence-electron chi connectivity index (χ1n) is 5.32. The van der Waals surface area contributed by atoms with Crippen molar-refractivity contribution in [3.8, 4) is 0 Å². The largest absolute Gasteiger partial charge is 0.349 e. The molecule has 10 heteroatoms. The molecule has 0 fully saturated rings. The number of H-pyrrole nitrogens is 1. The smallest absolute Gasteiger partial charge is 0.273 e. The summed E-state index contributed by atoms with van der Waals surface area (Å²) in [5.41, 5.74) is -0.0890. The predicted molar refractivity (Wildman–Crippen MR) is 70.6 cm³/mol. The quantitative estimate of drug-likeness (QED) is 0.632. The molecule has 0 saturated carbocycles. The van der Waals surface area contributed by atoms with E-state index in [1.165, 1.54) is 13.2 Å². The Hall–Kier alpha value is -1.26. The van der Waals surface area contributed by atoms with Gasteiger partial charge in [0, 0.05) is 28.9 Å². The molecule has 0 aromatic carbocycles. The molecule has 1 rings (SSSR count). The van der Waals surface area contributed by atoms with Crippen molar-refractivity contribution in [3.63, 3.8) is 0 Å². The van der Waals surface area contributed by atoms with Crippen LogP contribution in [0.4, 0.5) is 0 Å². The molecule has 0 bridgehead atoms. The Labute approximate surface area is 113 Å². The number of sulfonamides is 1. The van der Waals surface area contributed by atoms with Crippen molar-refractivity contribution in [1.82, 2.24) is 15.5 Å². The summed E-state index contributed by atoms with van der Waals surface area (Å²) in [5.74, 6) is -0.675. The molecule has 1 aromatic heterocycles. The van der Waals surface area contributed by atoms with E-state index in [2.05, 4.69) is 15.5 Å². The lowest BCUT2D eigenvalue weighted by molar-refractivity contribution is 0.0945. The zero-order chi connectivity index (χ0) is 14.8. The molecule has 0 aliphatic rings. The first kappa shape index (κ1) is 15.8. The number of nitrogens with one attached hydrogen (secondary N) is 2. The van der Waals surface area contributed by atoms with Gasteiger partial charge >= 0.3 is 0 Å². The van der Waals surface area contributed by atoms with Gasteiger partial charge in [-0.15, -0.1) is 0 Å². The third-order valence-electron chi connectivity index (χ3n) is 2.51. The minimum atomic E-state index is -4.04. The van der Waals surface area contributed by atoms with Gasteiger partial charge < -0.3 is 5.32 Å². The maximum absolute atomic E-state index is 11.8. The highest BCUT2D eigenvalue weighted by atomic mass is 32.2. The molecule has 2 atom stereocenters. The van der Waals surface area contributed by atoms with Crippen LogP contribution in [0.2, 0.25) is 0 Å². The van der Waals surface area contributed by atoms with Crippen LogP contribution in [-0.2, 0) is 20.8 Å². The number of aryl methyl sites for hydroxylation is 1. The Morgan fingerprint density at radius 1 is 1.58 bits per heavy atom. The van der Waals surface area contributed by atoms with Crippen molar-refractivity contribution in [2.24, 2.45) is 5.14 Å². The van der Waals surface area contributed by atoms with E-state index < -0.39 is 26.7 Å². The summed E-state index contributed by atoms with van der Waals surface area (Å²) in [6, 6.07) is 0. The molecule has 0 saturated heterocycles. The monoisotopic (exact) mass is 308 g/mol. The highest BCUT2D eigenvalue weighted by molar-refractivity contribution is 7.89. The van der Waals surface area contributed by atoms with Gasteiger partial charge in [0.25, 0.3) is 5.91 Å². The van der Waals surface area contributed by atoms with Crippen LogP contribution in [0.3, 0.4) is 0 Å². The average molecular weight is 308 g/mol. The van der Waals surface area contributed by atoms with E-state index in [0.29, 0.717) is 0 Å². The van der Waals surface area contributed by atoms with Gasteiger partial charge in [-0.05, 0) is 13.8 Å². The van der Waals surface area contributed by atoms with Gasteiger partial charge in [-0.1, -0.05) is 0 Å². The number of aromatic nitrogens is 2. The molecule has 0 spiro atoms. The second-order valence-electron chi connectivity index (χ2n) is 4.09. The summed E-state index contributed by atoms with van der Waals surface area (Å²) in [4.78, 5) is 11.5. The lowest BCUT2D eigenvalue weighted by Gasteiger charge is -2.09. The topological polar surface area (TPSA) is 135 Å². The Balaban J connectivity index is 2.93. The first-order chi connectivity index (χ1) is 8.64. The van der Waals surface area contributed by atoms with Gasteiger partial charge in [0.05, 0.1) is 5.69 Å². The number of hydrogen-bond donors (Lipinski definition) is 3. The van der Waals surface area contributed by atoms with E-state index in [-0.39, 0.29) is 28.1 Å². The van der Waals surface area contributed by atoms with Crippen LogP contribution < -0.4 is 10.5 Å². The Morgan fingerprint density at radius 2 is 2.16 bits per heavy atom. The van der Waals surface area contributed by atoms with Gasteiger partial charge in [-0.3, -0.25) is 14.1 Å². The van der Waals surface area contributed by atoms with Crippen LogP contribution in [0.25, 0.3) is 0 Å². The van der Waals surface area contributed by atoms with Crippen molar-refractivity contribution < 1.29 is 17.4 Å². The van der Waals surface area contributed by atoms with Gasteiger partial charge in [0.2, 0.25) is 10.0 Å². The number of amides is 1. The van der Waals surface area contributed by atoms with Crippen molar-refractivity contribution >= 4 is 26.7 Å². The van der Waals surface area contributed by atoms with Crippen LogP contribution in [0.5, 0.6) is 0 Å². The molecule has 4 N–H and O–H groups in total. The molecule has 0 aliphatic heterocycles. The average Bonchev–Trinajstić information content (AvgIpc) is 2.66. The van der Waals surface area contributed by atoms with Crippen molar-refractivity contribution in [2.75, 3.05) is 12.8 Å². The van der Waals surface area contributed by atoms with E-state index >= 15 is 0 Å². The maximum atomic E-state index is 11.8. The van der Waals surface area contributed by atoms with Gasteiger partial charge in [0.1, 0.15) is 4.90 Å². The SMILES string of the molecule is Cc1[nH]nc(C(=O)NCC(C)S(C)=O)c1S(N)(=O)=O. The minimum absolute atomic E-state index is 0.151. The van der Waals surface area contributed by atoms with Gasteiger partial charge in [-0.25, -0.2) is 13.6 Å². The maximum Gasteiger partial charge on any atom is 0.273 e. The standard InChI is InChI=1S/C9H16N4O4S2/c1-5(18(3)15)4-11-9(14)7-8(19(10,16)17)6(2)12-13-7/h5H,4H2,1-3H3,(H,11,14)(H,12,13)(H2,10,16,17). The van der Waals surface area contributed by atoms with E-state index in [1.54, 1.807) is 6.92 Å². The Bertz CT molecular complexity index is 608. The molecule has 2 unspecified atom stereocenters. The lowest BCUT2D eigenvalue weighted by atomic mass is 10.3. The third-order valence-corrected chi connectivity index (χ3v) is 4.88. The second-order valence-corrected chi connectivity index (χ2v) is 7.39. The molecule has 1 amide bonds. The van der Waals surface area contributed by atoms with Crippen LogP contribution in [0, 0.1) is 6.92 Å². The number of carbonyl (C=O) groups excluding carboxylic acids is 1. The number of carbonyl (C=O) groups is 1. The van der Waals surface area contributed by atoms with Gasteiger partial charge in [-0.2, -0.15) is 5.10 Å². The highest BCUT2D eigenvalue weighted by Crippen LogP contribution is 2.15. The summed E-state index contributed by atoms with van der Waals surface area (Å²) in [6.07, 6.45) is 1.52. The first-order valence-corrected chi connectivity index (χ1v) is 8.49. The molecule has 1 aromatic rings. The molecular formula is C9H16N4O4S2. The Morgan fingerprint density at radius 3 is 2.63 bits per heavy atom. The zero-order valence-corrected chi connectivity index (χ0v) is 12.4. The fourth-order valence-corrected chi connectivity index (χ4v) is 2.56. The van der Waals surface area contributed by atoms with E-state index in [4.69, 9.17) is 5.14 Å². The van der Waals surface area contributed by atoms with E-state index in [9.17, 15) is 17.4 Å². The van der Waals surface area contributed by atoms with Crippen LogP contribution >= 0.6 is 0 Å².